The van der Waals surface area contributed by atoms with Crippen molar-refractivity contribution in [2.75, 3.05) is 6.61 Å². The van der Waals surface area contributed by atoms with E-state index in [2.05, 4.69) is 0 Å². The lowest BCUT2D eigenvalue weighted by atomic mass is 10.2. The summed E-state index contributed by atoms with van der Waals surface area (Å²) in [5, 5.41) is 0. The Labute approximate surface area is 142 Å². The number of hydrogen-bond donors (Lipinski definition) is 0. The molecular weight excluding hydrogens is 304 g/mol. The molecule has 24 heavy (non-hydrogen) atoms. The minimum Gasteiger partial charge on any atom is -0.489 e. The Morgan fingerprint density at radius 1 is 0.875 bits per heavy atom. The Kier molecular flexibility index (Phi) is 5.72. The zero-order chi connectivity index (χ0) is 16.6. The number of hydrogen-bond acceptors (Lipinski definition) is 4. The van der Waals surface area contributed by atoms with Crippen LogP contribution in [0.3, 0.4) is 0 Å². The molecule has 1 aliphatic carbocycles. The van der Waals surface area contributed by atoms with Gasteiger partial charge in [0.05, 0.1) is 0 Å². The lowest BCUT2D eigenvalue weighted by molar-refractivity contribution is -0.151. The number of esters is 1. The number of carbonyl (C=O) groups is 1. The van der Waals surface area contributed by atoms with Crippen LogP contribution in [0.25, 0.3) is 0 Å². The Morgan fingerprint density at radius 3 is 2.17 bits per heavy atom. The van der Waals surface area contributed by atoms with Crippen molar-refractivity contribution in [3.05, 3.63) is 60.2 Å². The first-order valence-electron chi connectivity index (χ1n) is 8.39. The van der Waals surface area contributed by atoms with Gasteiger partial charge in [0.25, 0.3) is 0 Å². The van der Waals surface area contributed by atoms with Crippen molar-refractivity contribution in [1.82, 2.24) is 0 Å². The van der Waals surface area contributed by atoms with Crippen LogP contribution in [0.1, 0.15) is 31.2 Å². The van der Waals surface area contributed by atoms with Gasteiger partial charge in [-0.15, -0.1) is 0 Å². The van der Waals surface area contributed by atoms with E-state index in [1.54, 1.807) is 12.1 Å². The lowest BCUT2D eigenvalue weighted by Gasteiger charge is -2.12. The molecule has 0 heterocycles. The molecule has 2 aromatic rings. The number of ether oxygens (including phenoxy) is 3. The molecule has 3 rings (SSSR count). The van der Waals surface area contributed by atoms with Gasteiger partial charge in [-0.1, -0.05) is 30.3 Å². The fourth-order valence-electron chi connectivity index (χ4n) is 2.74. The summed E-state index contributed by atoms with van der Waals surface area (Å²) in [7, 11) is 0. The van der Waals surface area contributed by atoms with Crippen molar-refractivity contribution in [3.8, 4) is 11.5 Å². The van der Waals surface area contributed by atoms with Gasteiger partial charge in [0.2, 0.25) is 0 Å². The molecule has 126 valence electrons. The average molecular weight is 326 g/mol. The van der Waals surface area contributed by atoms with Crippen molar-refractivity contribution in [1.29, 1.82) is 0 Å². The maximum atomic E-state index is 11.7. The van der Waals surface area contributed by atoms with E-state index in [0.717, 1.165) is 37.0 Å². The summed E-state index contributed by atoms with van der Waals surface area (Å²) in [5.74, 6) is 1.09. The molecule has 1 aliphatic rings. The normalized spacial score (nSPS) is 14.3. The molecule has 1 saturated carbocycles. The largest absolute Gasteiger partial charge is 0.489 e. The Balaban J connectivity index is 1.41. The lowest BCUT2D eigenvalue weighted by Crippen LogP contribution is -2.20. The molecule has 0 radical (unpaired) electrons. The molecule has 1 fully saturated rings. The van der Waals surface area contributed by atoms with Crippen LogP contribution in [-0.4, -0.2) is 18.7 Å². The standard InChI is InChI=1S/C20H22O4/c21-20(24-19-8-4-5-9-19)15-23-18-12-10-17(11-13-18)22-14-16-6-2-1-3-7-16/h1-3,6-7,10-13,19H,4-5,8-9,14-15H2. The molecule has 0 N–H and O–H groups in total. The van der Waals surface area contributed by atoms with Crippen LogP contribution >= 0.6 is 0 Å². The SMILES string of the molecule is O=C(COc1ccc(OCc2ccccc2)cc1)OC1CCCC1. The summed E-state index contributed by atoms with van der Waals surface area (Å²) < 4.78 is 16.5. The van der Waals surface area contributed by atoms with E-state index in [1.807, 2.05) is 42.5 Å². The summed E-state index contributed by atoms with van der Waals surface area (Å²) >= 11 is 0. The van der Waals surface area contributed by atoms with Crippen LogP contribution < -0.4 is 9.47 Å². The molecule has 4 nitrogen and oxygen atoms in total. The van der Waals surface area contributed by atoms with E-state index in [9.17, 15) is 4.79 Å². The number of benzene rings is 2. The molecule has 4 heteroatoms. The summed E-state index contributed by atoms with van der Waals surface area (Å²) in [4.78, 5) is 11.7. The predicted molar refractivity (Wildman–Crippen MR) is 91.1 cm³/mol. The second-order valence-electron chi connectivity index (χ2n) is 5.93. The molecule has 0 unspecified atom stereocenters. The van der Waals surface area contributed by atoms with Crippen LogP contribution in [0.2, 0.25) is 0 Å². The van der Waals surface area contributed by atoms with Gasteiger partial charge >= 0.3 is 5.97 Å². The van der Waals surface area contributed by atoms with E-state index < -0.39 is 0 Å². The summed E-state index contributed by atoms with van der Waals surface area (Å²) in [6.07, 6.45) is 4.31. The quantitative estimate of drug-likeness (QED) is 0.718. The molecule has 2 aromatic carbocycles. The molecular formula is C20H22O4. The highest BCUT2D eigenvalue weighted by atomic mass is 16.6. The average Bonchev–Trinajstić information content (AvgIpc) is 3.13. The highest BCUT2D eigenvalue weighted by molar-refractivity contribution is 5.71. The van der Waals surface area contributed by atoms with Crippen molar-refractivity contribution < 1.29 is 19.0 Å². The molecule has 0 bridgehead atoms. The highest BCUT2D eigenvalue weighted by Gasteiger charge is 2.19. The number of rotatable bonds is 7. The third kappa shape index (κ3) is 5.01. The van der Waals surface area contributed by atoms with Crippen molar-refractivity contribution >= 4 is 5.97 Å². The third-order valence-corrected chi connectivity index (χ3v) is 4.03. The minimum atomic E-state index is -0.300. The maximum absolute atomic E-state index is 11.7. The van der Waals surface area contributed by atoms with Gasteiger partial charge in [0.1, 0.15) is 24.2 Å². The van der Waals surface area contributed by atoms with Gasteiger partial charge in [-0.05, 0) is 55.5 Å². The van der Waals surface area contributed by atoms with E-state index in [4.69, 9.17) is 14.2 Å². The zero-order valence-electron chi connectivity index (χ0n) is 13.6. The summed E-state index contributed by atoms with van der Waals surface area (Å²) in [6, 6.07) is 17.3. The second kappa shape index (κ2) is 8.39. The Hall–Kier alpha value is -2.49. The Bertz CT molecular complexity index is 630. The fraction of sp³-hybridized carbons (Fsp3) is 0.350. The summed E-state index contributed by atoms with van der Waals surface area (Å²) in [6.45, 7) is 0.468. The van der Waals surface area contributed by atoms with Gasteiger partial charge < -0.3 is 14.2 Å². The Morgan fingerprint density at radius 2 is 1.50 bits per heavy atom. The molecule has 0 saturated heterocycles. The van der Waals surface area contributed by atoms with Crippen LogP contribution in [0.5, 0.6) is 11.5 Å². The fourth-order valence-corrected chi connectivity index (χ4v) is 2.74. The highest BCUT2D eigenvalue weighted by Crippen LogP contribution is 2.22. The van der Waals surface area contributed by atoms with Gasteiger partial charge in [-0.3, -0.25) is 0 Å². The van der Waals surface area contributed by atoms with E-state index >= 15 is 0 Å². The van der Waals surface area contributed by atoms with Crippen LogP contribution in [-0.2, 0) is 16.1 Å². The first kappa shape index (κ1) is 16.4. The smallest absolute Gasteiger partial charge is 0.344 e. The van der Waals surface area contributed by atoms with Crippen molar-refractivity contribution in [2.45, 2.75) is 38.4 Å². The monoisotopic (exact) mass is 326 g/mol. The molecule has 0 amide bonds. The van der Waals surface area contributed by atoms with Crippen LogP contribution in [0.4, 0.5) is 0 Å². The molecule has 0 spiro atoms. The second-order valence-corrected chi connectivity index (χ2v) is 5.93. The zero-order valence-corrected chi connectivity index (χ0v) is 13.6. The first-order valence-corrected chi connectivity index (χ1v) is 8.39. The van der Waals surface area contributed by atoms with Crippen LogP contribution in [0.15, 0.2) is 54.6 Å². The van der Waals surface area contributed by atoms with Gasteiger partial charge in [-0.2, -0.15) is 0 Å². The molecule has 0 aliphatic heterocycles. The van der Waals surface area contributed by atoms with Gasteiger partial charge in [0, 0.05) is 0 Å². The maximum Gasteiger partial charge on any atom is 0.344 e. The first-order chi connectivity index (χ1) is 11.8. The summed E-state index contributed by atoms with van der Waals surface area (Å²) in [5.41, 5.74) is 1.12. The molecule has 0 aromatic heterocycles. The van der Waals surface area contributed by atoms with E-state index in [1.165, 1.54) is 0 Å². The van der Waals surface area contributed by atoms with Crippen molar-refractivity contribution in [2.24, 2.45) is 0 Å². The van der Waals surface area contributed by atoms with E-state index in [0.29, 0.717) is 12.4 Å². The van der Waals surface area contributed by atoms with Crippen LogP contribution in [0, 0.1) is 0 Å². The topological polar surface area (TPSA) is 44.8 Å². The minimum absolute atomic E-state index is 0.0548. The van der Waals surface area contributed by atoms with Gasteiger partial charge in [-0.25, -0.2) is 4.79 Å². The van der Waals surface area contributed by atoms with E-state index in [-0.39, 0.29) is 18.7 Å². The third-order valence-electron chi connectivity index (χ3n) is 4.03. The van der Waals surface area contributed by atoms with Crippen molar-refractivity contribution in [3.63, 3.8) is 0 Å². The van der Waals surface area contributed by atoms with Gasteiger partial charge in [0.15, 0.2) is 6.61 Å². The predicted octanol–water partition coefficient (Wildman–Crippen LogP) is 4.13. The number of carbonyl (C=O) groups excluding carboxylic acids is 1. The molecule has 0 atom stereocenters.